The van der Waals surface area contributed by atoms with Crippen molar-refractivity contribution >= 4 is 17.7 Å². The highest BCUT2D eigenvalue weighted by molar-refractivity contribution is 5.89. The third-order valence-electron chi connectivity index (χ3n) is 7.40. The lowest BCUT2D eigenvalue weighted by atomic mass is 9.87. The first-order valence-corrected chi connectivity index (χ1v) is 11.5. The molecule has 4 fully saturated rings. The van der Waals surface area contributed by atoms with E-state index < -0.39 is 0 Å². The lowest BCUT2D eigenvalue weighted by Gasteiger charge is -2.35. The minimum absolute atomic E-state index is 0.0332. The van der Waals surface area contributed by atoms with Crippen LogP contribution in [0.15, 0.2) is 0 Å². The number of carbonyl (C=O) groups is 3. The Bertz CT molecular complexity index is 588. The van der Waals surface area contributed by atoms with Gasteiger partial charge in [0, 0.05) is 44.1 Å². The second-order valence-electron chi connectivity index (χ2n) is 9.33. The second-order valence-corrected chi connectivity index (χ2v) is 9.33. The van der Waals surface area contributed by atoms with E-state index in [0.29, 0.717) is 24.9 Å². The molecule has 3 amide bonds. The third-order valence-corrected chi connectivity index (χ3v) is 7.40. The number of amides is 3. The topological polar surface area (TPSA) is 69.7 Å². The first kappa shape index (κ1) is 19.7. The molecule has 0 bridgehead atoms. The lowest BCUT2D eigenvalue weighted by Crippen LogP contribution is -2.49. The van der Waals surface area contributed by atoms with Gasteiger partial charge in [0.25, 0.3) is 0 Å². The van der Waals surface area contributed by atoms with E-state index in [-0.39, 0.29) is 29.7 Å². The van der Waals surface area contributed by atoms with E-state index in [1.807, 2.05) is 9.80 Å². The van der Waals surface area contributed by atoms with Crippen molar-refractivity contribution in [3.8, 4) is 0 Å². The fourth-order valence-electron chi connectivity index (χ4n) is 5.65. The summed E-state index contributed by atoms with van der Waals surface area (Å²) in [5.41, 5.74) is 0. The van der Waals surface area contributed by atoms with Gasteiger partial charge < -0.3 is 15.1 Å². The van der Waals surface area contributed by atoms with Crippen molar-refractivity contribution in [2.45, 2.75) is 89.1 Å². The Morgan fingerprint density at radius 2 is 1.46 bits per heavy atom. The van der Waals surface area contributed by atoms with Crippen molar-refractivity contribution in [1.29, 1.82) is 0 Å². The zero-order valence-electron chi connectivity index (χ0n) is 17.0. The zero-order chi connectivity index (χ0) is 19.5. The average molecular weight is 390 g/mol. The highest BCUT2D eigenvalue weighted by Crippen LogP contribution is 2.30. The summed E-state index contributed by atoms with van der Waals surface area (Å²) in [6.07, 6.45) is 12.3. The first-order chi connectivity index (χ1) is 13.6. The highest BCUT2D eigenvalue weighted by atomic mass is 16.2. The average Bonchev–Trinajstić information content (AvgIpc) is 3.38. The molecule has 156 valence electrons. The fourth-order valence-corrected chi connectivity index (χ4v) is 5.65. The molecule has 6 heteroatoms. The Kier molecular flexibility index (Phi) is 6.22. The largest absolute Gasteiger partial charge is 0.353 e. The number of carbonyl (C=O) groups excluding carboxylic acids is 3. The molecule has 2 heterocycles. The molecule has 4 rings (SSSR count). The van der Waals surface area contributed by atoms with Crippen LogP contribution in [0.25, 0.3) is 0 Å². The standard InChI is InChI=1S/C22H35N3O3/c26-20-14-17(15-25(20)19-8-4-5-9-19)21(27)23-18-10-12-24(13-11-18)22(28)16-6-2-1-3-7-16/h16-19H,1-15H2,(H,23,27). The summed E-state index contributed by atoms with van der Waals surface area (Å²) < 4.78 is 0. The van der Waals surface area contributed by atoms with Crippen molar-refractivity contribution in [3.63, 3.8) is 0 Å². The van der Waals surface area contributed by atoms with Crippen molar-refractivity contribution in [3.05, 3.63) is 0 Å². The van der Waals surface area contributed by atoms with E-state index in [2.05, 4.69) is 5.32 Å². The smallest absolute Gasteiger partial charge is 0.225 e. The molecule has 1 unspecified atom stereocenters. The highest BCUT2D eigenvalue weighted by Gasteiger charge is 2.39. The van der Waals surface area contributed by atoms with Gasteiger partial charge in [0.1, 0.15) is 0 Å². The Balaban J connectivity index is 1.22. The summed E-state index contributed by atoms with van der Waals surface area (Å²) in [5.74, 6) is 0.546. The van der Waals surface area contributed by atoms with Crippen molar-refractivity contribution in [2.24, 2.45) is 11.8 Å². The van der Waals surface area contributed by atoms with Gasteiger partial charge in [-0.1, -0.05) is 32.1 Å². The lowest BCUT2D eigenvalue weighted by molar-refractivity contribution is -0.138. The van der Waals surface area contributed by atoms with Gasteiger partial charge in [-0.15, -0.1) is 0 Å². The summed E-state index contributed by atoms with van der Waals surface area (Å²) in [7, 11) is 0. The SMILES string of the molecule is O=C(NC1CCN(C(=O)C2CCCCC2)CC1)C1CC(=O)N(C2CCCC2)C1. The van der Waals surface area contributed by atoms with Gasteiger partial charge in [-0.05, 0) is 38.5 Å². The van der Waals surface area contributed by atoms with Crippen LogP contribution >= 0.6 is 0 Å². The van der Waals surface area contributed by atoms with Gasteiger partial charge in [-0.3, -0.25) is 14.4 Å². The van der Waals surface area contributed by atoms with E-state index in [0.717, 1.165) is 51.6 Å². The van der Waals surface area contributed by atoms with Gasteiger partial charge in [0.05, 0.1) is 5.92 Å². The van der Waals surface area contributed by atoms with E-state index >= 15 is 0 Å². The van der Waals surface area contributed by atoms with Crippen molar-refractivity contribution in [1.82, 2.24) is 15.1 Å². The molecule has 28 heavy (non-hydrogen) atoms. The Morgan fingerprint density at radius 1 is 0.821 bits per heavy atom. The van der Waals surface area contributed by atoms with Gasteiger partial charge in [0.15, 0.2) is 0 Å². The maximum Gasteiger partial charge on any atom is 0.225 e. The fraction of sp³-hybridized carbons (Fsp3) is 0.864. The molecule has 4 aliphatic rings. The van der Waals surface area contributed by atoms with Crippen molar-refractivity contribution in [2.75, 3.05) is 19.6 Å². The predicted molar refractivity (Wildman–Crippen MR) is 106 cm³/mol. The van der Waals surface area contributed by atoms with Crippen LogP contribution in [0.2, 0.25) is 0 Å². The number of nitrogens with one attached hydrogen (secondary N) is 1. The molecule has 0 aromatic rings. The zero-order valence-corrected chi connectivity index (χ0v) is 17.0. The monoisotopic (exact) mass is 389 g/mol. The number of rotatable bonds is 4. The summed E-state index contributed by atoms with van der Waals surface area (Å²) in [4.78, 5) is 41.7. The maximum absolute atomic E-state index is 12.7. The normalized spacial score (nSPS) is 28.1. The molecule has 2 aliphatic heterocycles. The van der Waals surface area contributed by atoms with E-state index in [4.69, 9.17) is 0 Å². The van der Waals surface area contributed by atoms with E-state index in [9.17, 15) is 14.4 Å². The van der Waals surface area contributed by atoms with E-state index in [1.54, 1.807) is 0 Å². The van der Waals surface area contributed by atoms with Crippen LogP contribution in [0.1, 0.15) is 77.0 Å². The Morgan fingerprint density at radius 3 is 2.14 bits per heavy atom. The Labute approximate surface area is 168 Å². The minimum Gasteiger partial charge on any atom is -0.353 e. The number of likely N-dealkylation sites (tertiary alicyclic amines) is 2. The predicted octanol–water partition coefficient (Wildman–Crippen LogP) is 2.46. The molecule has 6 nitrogen and oxygen atoms in total. The summed E-state index contributed by atoms with van der Waals surface area (Å²) in [6, 6.07) is 0.498. The number of hydrogen-bond donors (Lipinski definition) is 1. The molecule has 1 atom stereocenters. The van der Waals surface area contributed by atoms with Gasteiger partial charge in [-0.25, -0.2) is 0 Å². The second kappa shape index (κ2) is 8.83. The molecule has 0 aromatic heterocycles. The number of nitrogens with zero attached hydrogens (tertiary/aromatic N) is 2. The summed E-state index contributed by atoms with van der Waals surface area (Å²) in [6.45, 7) is 2.09. The minimum atomic E-state index is -0.199. The van der Waals surface area contributed by atoms with Gasteiger partial charge >= 0.3 is 0 Å². The van der Waals surface area contributed by atoms with Crippen LogP contribution in [-0.4, -0.2) is 59.2 Å². The molecule has 0 radical (unpaired) electrons. The van der Waals surface area contributed by atoms with Crippen molar-refractivity contribution < 1.29 is 14.4 Å². The van der Waals surface area contributed by atoms with Gasteiger partial charge in [-0.2, -0.15) is 0 Å². The Hall–Kier alpha value is -1.59. The van der Waals surface area contributed by atoms with Crippen LogP contribution < -0.4 is 5.32 Å². The van der Waals surface area contributed by atoms with Crippen LogP contribution in [0.4, 0.5) is 0 Å². The van der Waals surface area contributed by atoms with Crippen LogP contribution in [0.5, 0.6) is 0 Å². The van der Waals surface area contributed by atoms with Crippen LogP contribution in [0, 0.1) is 11.8 Å². The van der Waals surface area contributed by atoms with E-state index in [1.165, 1.54) is 32.1 Å². The molecular formula is C22H35N3O3. The quantitative estimate of drug-likeness (QED) is 0.803. The van der Waals surface area contributed by atoms with Gasteiger partial charge in [0.2, 0.25) is 17.7 Å². The maximum atomic E-state index is 12.7. The molecule has 0 aromatic carbocycles. The summed E-state index contributed by atoms with van der Waals surface area (Å²) >= 11 is 0. The summed E-state index contributed by atoms with van der Waals surface area (Å²) in [5, 5.41) is 3.18. The molecule has 2 saturated heterocycles. The van der Waals surface area contributed by atoms with Crippen LogP contribution in [-0.2, 0) is 14.4 Å². The molecule has 1 N–H and O–H groups in total. The third kappa shape index (κ3) is 4.36. The molecule has 2 saturated carbocycles. The number of piperidine rings is 1. The molecular weight excluding hydrogens is 354 g/mol. The molecule has 2 aliphatic carbocycles. The van der Waals surface area contributed by atoms with Crippen LogP contribution in [0.3, 0.4) is 0 Å². The molecule has 0 spiro atoms. The number of hydrogen-bond acceptors (Lipinski definition) is 3. The first-order valence-electron chi connectivity index (χ1n) is 11.5.